The summed E-state index contributed by atoms with van der Waals surface area (Å²) in [6, 6.07) is 5.90. The van der Waals surface area contributed by atoms with E-state index in [1.165, 1.54) is 7.11 Å². The topological polar surface area (TPSA) is 62.3 Å². The molecule has 23 heavy (non-hydrogen) atoms. The van der Waals surface area contributed by atoms with Crippen molar-refractivity contribution in [1.29, 1.82) is 0 Å². The zero-order chi connectivity index (χ0) is 17.1. The van der Waals surface area contributed by atoms with Gasteiger partial charge < -0.3 is 14.8 Å². The summed E-state index contributed by atoms with van der Waals surface area (Å²) in [5.41, 5.74) is 4.47. The van der Waals surface area contributed by atoms with Crippen molar-refractivity contribution in [3.63, 3.8) is 0 Å². The third-order valence-corrected chi connectivity index (χ3v) is 4.26. The highest BCUT2D eigenvalue weighted by atomic mass is 32.1. The van der Waals surface area contributed by atoms with E-state index in [-0.39, 0.29) is 11.4 Å². The van der Waals surface area contributed by atoms with Crippen molar-refractivity contribution < 1.29 is 14.6 Å². The molecule has 2 aromatic rings. The molecule has 1 aromatic carbocycles. The third-order valence-electron chi connectivity index (χ3n) is 3.81. The highest BCUT2D eigenvalue weighted by Crippen LogP contribution is 2.31. The molecule has 0 spiro atoms. The van der Waals surface area contributed by atoms with E-state index in [0.717, 1.165) is 22.3 Å². The van der Waals surface area contributed by atoms with Gasteiger partial charge in [-0.05, 0) is 41.7 Å². The Morgan fingerprint density at radius 2 is 2.17 bits per heavy atom. The molecule has 0 aliphatic heterocycles. The molecule has 1 heterocycles. The van der Waals surface area contributed by atoms with E-state index in [4.69, 9.17) is 17.0 Å². The van der Waals surface area contributed by atoms with Gasteiger partial charge in [0, 0.05) is 0 Å². The molecule has 0 fully saturated rings. The van der Waals surface area contributed by atoms with Gasteiger partial charge in [0.25, 0.3) is 0 Å². The molecule has 2 N–H and O–H groups in total. The van der Waals surface area contributed by atoms with Crippen LogP contribution >= 0.6 is 12.2 Å². The summed E-state index contributed by atoms with van der Waals surface area (Å²) < 4.78 is 5.01. The van der Waals surface area contributed by atoms with Crippen LogP contribution in [0.3, 0.4) is 0 Å². The molecule has 0 aliphatic rings. The summed E-state index contributed by atoms with van der Waals surface area (Å²) >= 11 is 5.39. The van der Waals surface area contributed by atoms with E-state index in [1.807, 2.05) is 32.0 Å². The number of aromatic hydroxyl groups is 1. The average molecular weight is 329 g/mol. The quantitative estimate of drug-likeness (QED) is 0.644. The number of carbonyl (C=O) groups is 1. The molecule has 0 unspecified atom stereocenters. The van der Waals surface area contributed by atoms with E-state index in [0.29, 0.717) is 16.6 Å². The average Bonchev–Trinajstić information content (AvgIpc) is 2.54. The number of nitrogens with one attached hydrogen (secondary N) is 1. The van der Waals surface area contributed by atoms with Gasteiger partial charge in [-0.2, -0.15) is 0 Å². The van der Waals surface area contributed by atoms with Crippen LogP contribution in [0.1, 0.15) is 34.0 Å². The second kappa shape index (κ2) is 6.79. The molecule has 1 aromatic heterocycles. The number of esters is 1. The van der Waals surface area contributed by atoms with Crippen LogP contribution in [-0.2, 0) is 11.2 Å². The van der Waals surface area contributed by atoms with E-state index >= 15 is 0 Å². The normalized spacial score (nSPS) is 10.4. The molecule has 0 saturated carbocycles. The summed E-state index contributed by atoms with van der Waals surface area (Å²) in [5.74, 6) is -0.935. The first-order valence-electron chi connectivity index (χ1n) is 7.24. The third kappa shape index (κ3) is 3.05. The number of aromatic nitrogens is 1. The lowest BCUT2D eigenvalue weighted by Crippen LogP contribution is -2.07. The Morgan fingerprint density at radius 1 is 1.48 bits per heavy atom. The standard InChI is InChI=1S/C18H19NO3S/c1-5-11-9-12(8-7-10(11)3)15-13(6-2)16(23)14(17(20)19-15)18(21)22-4/h5,7-9H,1,6H2,2-4H3,(H2,19,20,23). The van der Waals surface area contributed by atoms with Crippen molar-refractivity contribution in [1.82, 2.24) is 4.98 Å². The van der Waals surface area contributed by atoms with E-state index < -0.39 is 5.97 Å². The Balaban J connectivity index is 2.76. The smallest absolute Gasteiger partial charge is 0.344 e. The molecule has 5 heteroatoms. The number of H-pyrrole nitrogens is 1. The van der Waals surface area contributed by atoms with Crippen molar-refractivity contribution in [3.8, 4) is 17.1 Å². The van der Waals surface area contributed by atoms with Crippen LogP contribution in [0.4, 0.5) is 0 Å². The van der Waals surface area contributed by atoms with Crippen LogP contribution in [0.5, 0.6) is 5.88 Å². The molecule has 2 rings (SSSR count). The van der Waals surface area contributed by atoms with Crippen LogP contribution < -0.4 is 0 Å². The Hall–Kier alpha value is -2.40. The van der Waals surface area contributed by atoms with Crippen LogP contribution in [-0.4, -0.2) is 23.2 Å². The van der Waals surface area contributed by atoms with Crippen LogP contribution in [0.25, 0.3) is 17.3 Å². The number of benzene rings is 1. The van der Waals surface area contributed by atoms with Crippen molar-refractivity contribution in [3.05, 3.63) is 51.5 Å². The number of pyridine rings is 1. The maximum absolute atomic E-state index is 11.8. The number of hydrogen-bond donors (Lipinski definition) is 2. The summed E-state index contributed by atoms with van der Waals surface area (Å²) in [5, 5.41) is 10.2. The Bertz CT molecular complexity index is 837. The summed E-state index contributed by atoms with van der Waals surface area (Å²) in [6.07, 6.45) is 2.40. The van der Waals surface area contributed by atoms with Crippen LogP contribution in [0, 0.1) is 11.4 Å². The Morgan fingerprint density at radius 3 is 2.74 bits per heavy atom. The first-order valence-corrected chi connectivity index (χ1v) is 7.65. The van der Waals surface area contributed by atoms with E-state index in [9.17, 15) is 9.90 Å². The molecule has 0 amide bonds. The fourth-order valence-corrected chi connectivity index (χ4v) is 2.95. The summed E-state index contributed by atoms with van der Waals surface area (Å²) in [4.78, 5) is 14.7. The zero-order valence-corrected chi connectivity index (χ0v) is 14.2. The first kappa shape index (κ1) is 17.0. The van der Waals surface area contributed by atoms with Crippen molar-refractivity contribution in [2.75, 3.05) is 7.11 Å². The van der Waals surface area contributed by atoms with Gasteiger partial charge >= 0.3 is 5.97 Å². The predicted octanol–water partition coefficient (Wildman–Crippen LogP) is 4.42. The minimum absolute atomic E-state index is 0.000782. The number of aryl methyl sites for hydroxylation is 1. The van der Waals surface area contributed by atoms with Gasteiger partial charge in [0.15, 0.2) is 0 Å². The predicted molar refractivity (Wildman–Crippen MR) is 94.3 cm³/mol. The minimum atomic E-state index is -0.652. The molecular weight excluding hydrogens is 310 g/mol. The SMILES string of the molecule is C=Cc1cc(-c2[nH]c(O)c(C(=O)OC)c(=S)c2CC)ccc1C. The molecule has 0 aliphatic carbocycles. The van der Waals surface area contributed by atoms with Gasteiger partial charge in [0.05, 0.1) is 17.3 Å². The number of ether oxygens (including phenoxy) is 1. The van der Waals surface area contributed by atoms with Crippen molar-refractivity contribution in [2.24, 2.45) is 0 Å². The molecule has 0 saturated heterocycles. The largest absolute Gasteiger partial charge is 0.494 e. The molecule has 0 bridgehead atoms. The fourth-order valence-electron chi connectivity index (χ4n) is 2.52. The maximum atomic E-state index is 11.8. The number of methoxy groups -OCH3 is 1. The van der Waals surface area contributed by atoms with E-state index in [1.54, 1.807) is 6.08 Å². The molecule has 0 atom stereocenters. The van der Waals surface area contributed by atoms with Gasteiger partial charge in [-0.15, -0.1) is 0 Å². The van der Waals surface area contributed by atoms with Crippen molar-refractivity contribution >= 4 is 24.3 Å². The second-order valence-corrected chi connectivity index (χ2v) is 5.56. The van der Waals surface area contributed by atoms with Crippen LogP contribution in [0.15, 0.2) is 24.8 Å². The number of hydrogen-bond acceptors (Lipinski definition) is 4. The lowest BCUT2D eigenvalue weighted by molar-refractivity contribution is 0.0596. The highest BCUT2D eigenvalue weighted by molar-refractivity contribution is 7.71. The van der Waals surface area contributed by atoms with E-state index in [2.05, 4.69) is 11.6 Å². The minimum Gasteiger partial charge on any atom is -0.494 e. The van der Waals surface area contributed by atoms with Gasteiger partial charge in [-0.1, -0.05) is 43.9 Å². The molecule has 0 radical (unpaired) electrons. The van der Waals surface area contributed by atoms with Gasteiger partial charge in [-0.3, -0.25) is 0 Å². The van der Waals surface area contributed by atoms with Gasteiger partial charge in [-0.25, -0.2) is 4.79 Å². The second-order valence-electron chi connectivity index (χ2n) is 5.15. The first-order chi connectivity index (χ1) is 10.9. The number of rotatable bonds is 4. The van der Waals surface area contributed by atoms with Crippen LogP contribution in [0.2, 0.25) is 0 Å². The number of carbonyl (C=O) groups excluding carboxylic acids is 1. The maximum Gasteiger partial charge on any atom is 0.344 e. The lowest BCUT2D eigenvalue weighted by atomic mass is 9.98. The van der Waals surface area contributed by atoms with Gasteiger partial charge in [0.1, 0.15) is 5.56 Å². The highest BCUT2D eigenvalue weighted by Gasteiger charge is 2.20. The monoisotopic (exact) mass is 329 g/mol. The number of aromatic amines is 1. The molecule has 120 valence electrons. The Labute approximate surface area is 140 Å². The Kier molecular flexibility index (Phi) is 5.01. The fraction of sp³-hybridized carbons (Fsp3) is 0.222. The van der Waals surface area contributed by atoms with Gasteiger partial charge in [0.2, 0.25) is 5.88 Å². The zero-order valence-electron chi connectivity index (χ0n) is 13.4. The van der Waals surface area contributed by atoms with Crippen molar-refractivity contribution in [2.45, 2.75) is 20.3 Å². The summed E-state index contributed by atoms with van der Waals surface area (Å²) in [7, 11) is 1.26. The molecule has 4 nitrogen and oxygen atoms in total. The summed E-state index contributed by atoms with van der Waals surface area (Å²) in [6.45, 7) is 7.76. The molecular formula is C18H19NO3S. The lowest BCUT2D eigenvalue weighted by Gasteiger charge is -2.14.